The molecular weight excluding hydrogens is 376 g/mol. The van der Waals surface area contributed by atoms with Crippen LogP contribution >= 0.6 is 0 Å². The lowest BCUT2D eigenvalue weighted by Gasteiger charge is -2.35. The first-order chi connectivity index (χ1) is 13.7. The molecule has 2 rings (SSSR count). The average molecular weight is 406 g/mol. The molecule has 1 aromatic rings. The summed E-state index contributed by atoms with van der Waals surface area (Å²) >= 11 is 0. The molecule has 3 amide bonds. The van der Waals surface area contributed by atoms with Crippen LogP contribution in [0.2, 0.25) is 0 Å². The van der Waals surface area contributed by atoms with Crippen LogP contribution in [0.25, 0.3) is 0 Å². The van der Waals surface area contributed by atoms with E-state index < -0.39 is 17.8 Å². The van der Waals surface area contributed by atoms with Gasteiger partial charge >= 0.3 is 12.2 Å². The zero-order valence-electron chi connectivity index (χ0n) is 17.1. The number of hydrogen-bond donors (Lipinski definition) is 3. The highest BCUT2D eigenvalue weighted by Gasteiger charge is 2.34. The highest BCUT2D eigenvalue weighted by Crippen LogP contribution is 2.27. The van der Waals surface area contributed by atoms with Crippen LogP contribution in [0.4, 0.5) is 9.59 Å². The quantitative estimate of drug-likeness (QED) is 0.401. The molecule has 0 aliphatic heterocycles. The Balaban J connectivity index is 2.03. The molecule has 1 aliphatic rings. The zero-order chi connectivity index (χ0) is 21.4. The van der Waals surface area contributed by atoms with Crippen molar-refractivity contribution in [2.45, 2.75) is 64.7 Å². The summed E-state index contributed by atoms with van der Waals surface area (Å²) in [6, 6.07) is 8.95. The van der Waals surface area contributed by atoms with Crippen LogP contribution in [0.5, 0.6) is 0 Å². The Kier molecular flexibility index (Phi) is 7.83. The number of benzene rings is 1. The van der Waals surface area contributed by atoms with Gasteiger partial charge in [0.25, 0.3) is 0 Å². The Labute approximate surface area is 170 Å². The van der Waals surface area contributed by atoms with E-state index in [0.29, 0.717) is 25.7 Å². The van der Waals surface area contributed by atoms with Crippen LogP contribution in [0.3, 0.4) is 0 Å². The Morgan fingerprint density at radius 1 is 1.10 bits per heavy atom. The highest BCUT2D eigenvalue weighted by atomic mass is 16.6. The maximum atomic E-state index is 12.7. The van der Waals surface area contributed by atoms with Crippen LogP contribution in [0.1, 0.15) is 52.0 Å². The molecule has 0 atom stereocenters. The first kappa shape index (κ1) is 22.5. The average Bonchev–Trinajstić information content (AvgIpc) is 2.69. The van der Waals surface area contributed by atoms with Crippen molar-refractivity contribution < 1.29 is 23.9 Å². The fraction of sp³-hybridized carbons (Fsp3) is 0.550. The number of hydrogen-bond acceptors (Lipinski definition) is 6. The predicted molar refractivity (Wildman–Crippen MR) is 106 cm³/mol. The van der Waals surface area contributed by atoms with Crippen molar-refractivity contribution in [3.05, 3.63) is 35.9 Å². The number of amides is 3. The Morgan fingerprint density at radius 2 is 1.72 bits per heavy atom. The largest absolute Gasteiger partial charge is 0.443 e. The molecule has 0 radical (unpaired) electrons. The van der Waals surface area contributed by atoms with Crippen molar-refractivity contribution in [1.82, 2.24) is 15.9 Å². The lowest BCUT2D eigenvalue weighted by atomic mass is 9.85. The topological polar surface area (TPSA) is 123 Å². The standard InChI is InChI=1S/C20H30N4O5/c1-20(2,3)29-18(26)23-24(16-11-9-15(10-12-16)17(25)22-21)19(27)28-13-14-7-5-4-6-8-14/h4-8,15-16H,9-13,21H2,1-3H3,(H,22,25)(H,23,26). The molecule has 4 N–H and O–H groups in total. The summed E-state index contributed by atoms with van der Waals surface area (Å²) < 4.78 is 10.7. The number of hydrazine groups is 2. The van der Waals surface area contributed by atoms with Crippen LogP contribution in [-0.2, 0) is 20.9 Å². The molecule has 0 bridgehead atoms. The van der Waals surface area contributed by atoms with Crippen molar-refractivity contribution >= 4 is 18.1 Å². The molecule has 0 unspecified atom stereocenters. The van der Waals surface area contributed by atoms with E-state index in [0.717, 1.165) is 5.56 Å². The van der Waals surface area contributed by atoms with Crippen molar-refractivity contribution in [3.63, 3.8) is 0 Å². The molecule has 0 heterocycles. The van der Waals surface area contributed by atoms with E-state index in [1.54, 1.807) is 20.8 Å². The smallest absolute Gasteiger partial charge is 0.429 e. The van der Waals surface area contributed by atoms with E-state index >= 15 is 0 Å². The Bertz CT molecular complexity index is 697. The van der Waals surface area contributed by atoms with Gasteiger partial charge in [-0.15, -0.1) is 0 Å². The minimum atomic E-state index is -0.740. The van der Waals surface area contributed by atoms with Crippen molar-refractivity contribution in [2.75, 3.05) is 0 Å². The Hall–Kier alpha value is -2.81. The minimum absolute atomic E-state index is 0.0805. The summed E-state index contributed by atoms with van der Waals surface area (Å²) in [7, 11) is 0. The second kappa shape index (κ2) is 10.1. The molecule has 160 valence electrons. The number of nitrogens with two attached hydrogens (primary N) is 1. The van der Waals surface area contributed by atoms with Gasteiger partial charge < -0.3 is 9.47 Å². The second-order valence-electron chi connectivity index (χ2n) is 8.04. The molecule has 0 aromatic heterocycles. The summed E-state index contributed by atoms with van der Waals surface area (Å²) in [6.07, 6.45) is 0.725. The summed E-state index contributed by atoms with van der Waals surface area (Å²) in [6.45, 7) is 5.29. The maximum absolute atomic E-state index is 12.7. The monoisotopic (exact) mass is 406 g/mol. The fourth-order valence-electron chi connectivity index (χ4n) is 3.19. The lowest BCUT2D eigenvalue weighted by Crippen LogP contribution is -2.54. The molecule has 9 nitrogen and oxygen atoms in total. The molecule has 1 aliphatic carbocycles. The van der Waals surface area contributed by atoms with Gasteiger partial charge in [-0.2, -0.15) is 0 Å². The third-order valence-corrected chi connectivity index (χ3v) is 4.59. The highest BCUT2D eigenvalue weighted by molar-refractivity contribution is 5.78. The summed E-state index contributed by atoms with van der Waals surface area (Å²) in [5.41, 5.74) is 4.80. The first-order valence-corrected chi connectivity index (χ1v) is 9.69. The molecule has 0 saturated heterocycles. The predicted octanol–water partition coefficient (Wildman–Crippen LogP) is 2.61. The van der Waals surface area contributed by atoms with Crippen LogP contribution in [0.15, 0.2) is 30.3 Å². The summed E-state index contributed by atoms with van der Waals surface area (Å²) in [5.74, 6) is 4.78. The van der Waals surface area contributed by atoms with Gasteiger partial charge in [-0.25, -0.2) is 25.9 Å². The minimum Gasteiger partial charge on any atom is -0.443 e. The van der Waals surface area contributed by atoms with Crippen LogP contribution in [0, 0.1) is 5.92 Å². The third kappa shape index (κ3) is 7.26. The van der Waals surface area contributed by atoms with Crippen LogP contribution < -0.4 is 16.7 Å². The van der Waals surface area contributed by atoms with Crippen molar-refractivity contribution in [2.24, 2.45) is 11.8 Å². The number of carbonyl (C=O) groups excluding carboxylic acids is 3. The van der Waals surface area contributed by atoms with E-state index in [2.05, 4.69) is 10.9 Å². The molecule has 1 saturated carbocycles. The number of carbonyl (C=O) groups is 3. The number of ether oxygens (including phenoxy) is 2. The van der Waals surface area contributed by atoms with Gasteiger partial charge in [0.2, 0.25) is 5.91 Å². The van der Waals surface area contributed by atoms with Crippen molar-refractivity contribution in [3.8, 4) is 0 Å². The van der Waals surface area contributed by atoms with E-state index in [9.17, 15) is 14.4 Å². The molecule has 9 heteroatoms. The van der Waals surface area contributed by atoms with Gasteiger partial charge in [0.15, 0.2) is 0 Å². The molecule has 1 fully saturated rings. The van der Waals surface area contributed by atoms with E-state index in [1.807, 2.05) is 30.3 Å². The van der Waals surface area contributed by atoms with Crippen molar-refractivity contribution in [1.29, 1.82) is 0 Å². The third-order valence-electron chi connectivity index (χ3n) is 4.59. The summed E-state index contributed by atoms with van der Waals surface area (Å²) in [5, 5.41) is 1.17. The van der Waals surface area contributed by atoms with Gasteiger partial charge in [0.05, 0.1) is 6.04 Å². The van der Waals surface area contributed by atoms with E-state index in [1.165, 1.54) is 5.01 Å². The second-order valence-corrected chi connectivity index (χ2v) is 8.04. The SMILES string of the molecule is CC(C)(C)OC(=O)NN(C(=O)OCc1ccccc1)C1CCC(C(=O)NN)CC1. The number of nitrogens with zero attached hydrogens (tertiary/aromatic N) is 1. The van der Waals surface area contributed by atoms with Gasteiger partial charge in [-0.3, -0.25) is 10.2 Å². The van der Waals surface area contributed by atoms with Gasteiger partial charge in [-0.05, 0) is 52.0 Å². The zero-order valence-corrected chi connectivity index (χ0v) is 17.1. The van der Waals surface area contributed by atoms with E-state index in [4.69, 9.17) is 15.3 Å². The maximum Gasteiger partial charge on any atom is 0.429 e. The molecule has 29 heavy (non-hydrogen) atoms. The van der Waals surface area contributed by atoms with Gasteiger partial charge in [0.1, 0.15) is 12.2 Å². The number of nitrogens with one attached hydrogen (secondary N) is 2. The Morgan fingerprint density at radius 3 is 2.28 bits per heavy atom. The molecule has 1 aromatic carbocycles. The molecule has 0 spiro atoms. The van der Waals surface area contributed by atoms with Crippen LogP contribution in [-0.4, -0.2) is 34.7 Å². The fourth-order valence-corrected chi connectivity index (χ4v) is 3.19. The van der Waals surface area contributed by atoms with Gasteiger partial charge in [0, 0.05) is 5.92 Å². The van der Waals surface area contributed by atoms with E-state index in [-0.39, 0.29) is 24.5 Å². The first-order valence-electron chi connectivity index (χ1n) is 9.69. The number of rotatable bonds is 4. The lowest BCUT2D eigenvalue weighted by molar-refractivity contribution is -0.126. The van der Waals surface area contributed by atoms with Gasteiger partial charge in [-0.1, -0.05) is 30.3 Å². The summed E-state index contributed by atoms with van der Waals surface area (Å²) in [4.78, 5) is 36.7. The molecular formula is C20H30N4O5. The normalized spacial score (nSPS) is 19.0.